The summed E-state index contributed by atoms with van der Waals surface area (Å²) in [6, 6.07) is 69.1. The number of hydrogen-bond acceptors (Lipinski definition) is 2. The van der Waals surface area contributed by atoms with Gasteiger partial charge in [0, 0.05) is 32.8 Å². The Hall–Kier alpha value is -7.30. The van der Waals surface area contributed by atoms with Crippen LogP contribution in [0.3, 0.4) is 0 Å². The third kappa shape index (κ3) is 4.78. The van der Waals surface area contributed by atoms with Crippen LogP contribution >= 0.6 is 0 Å². The average molecular weight is 689 g/mol. The van der Waals surface area contributed by atoms with Crippen molar-refractivity contribution in [2.24, 2.45) is 0 Å². The smallest absolute Gasteiger partial charge is 0.165 e. The summed E-state index contributed by atoms with van der Waals surface area (Å²) in [5, 5.41) is 4.72. The summed E-state index contributed by atoms with van der Waals surface area (Å²) in [4.78, 5) is 10.6. The molecule has 0 aliphatic rings. The largest absolute Gasteiger partial charge is 0.309 e. The lowest BCUT2D eigenvalue weighted by molar-refractivity contribution is 1.08. The lowest BCUT2D eigenvalue weighted by Gasteiger charge is -2.14. The third-order valence-corrected chi connectivity index (χ3v) is 10.7. The zero-order valence-electron chi connectivity index (χ0n) is 29.3. The van der Waals surface area contributed by atoms with E-state index < -0.39 is 0 Å². The highest BCUT2D eigenvalue weighted by atomic mass is 15.1. The zero-order chi connectivity index (χ0) is 35.6. The van der Waals surface area contributed by atoms with E-state index in [-0.39, 0.29) is 0 Å². The molecule has 3 heterocycles. The molecular weight excluding hydrogens is 657 g/mol. The second-order valence-corrected chi connectivity index (χ2v) is 13.8. The highest BCUT2D eigenvalue weighted by Gasteiger charge is 2.22. The van der Waals surface area contributed by atoms with Crippen molar-refractivity contribution in [1.29, 1.82) is 0 Å². The van der Waals surface area contributed by atoms with E-state index in [2.05, 4.69) is 173 Å². The van der Waals surface area contributed by atoms with Crippen molar-refractivity contribution in [2.45, 2.75) is 0 Å². The Morgan fingerprint density at radius 2 is 0.741 bits per heavy atom. The predicted molar refractivity (Wildman–Crippen MR) is 225 cm³/mol. The molecule has 0 radical (unpaired) electrons. The van der Waals surface area contributed by atoms with Gasteiger partial charge in [0.1, 0.15) is 5.69 Å². The molecular formula is C50H32N4. The molecule has 0 aliphatic heterocycles. The minimum Gasteiger partial charge on any atom is -0.309 e. The molecule has 0 spiro atoms. The molecule has 0 bridgehead atoms. The maximum atomic E-state index is 5.36. The maximum Gasteiger partial charge on any atom is 0.165 e. The highest BCUT2D eigenvalue weighted by molar-refractivity contribution is 6.19. The van der Waals surface area contributed by atoms with Gasteiger partial charge in [-0.1, -0.05) is 140 Å². The first-order valence-electron chi connectivity index (χ1n) is 18.3. The van der Waals surface area contributed by atoms with E-state index in [1.165, 1.54) is 43.8 Å². The second kappa shape index (κ2) is 12.1. The molecule has 0 fully saturated rings. The van der Waals surface area contributed by atoms with Gasteiger partial charge in [-0.3, -0.25) is 4.57 Å². The van der Waals surface area contributed by atoms with Gasteiger partial charge in [-0.15, -0.1) is 0 Å². The van der Waals surface area contributed by atoms with Crippen LogP contribution in [0.5, 0.6) is 0 Å². The van der Waals surface area contributed by atoms with E-state index in [0.29, 0.717) is 0 Å². The van der Waals surface area contributed by atoms with Crippen molar-refractivity contribution >= 4 is 54.6 Å². The quantitative estimate of drug-likeness (QED) is 0.180. The zero-order valence-corrected chi connectivity index (χ0v) is 29.3. The van der Waals surface area contributed by atoms with Crippen molar-refractivity contribution in [3.63, 3.8) is 0 Å². The van der Waals surface area contributed by atoms with Crippen LogP contribution in [0.4, 0.5) is 0 Å². The minimum atomic E-state index is 0.817. The standard InChI is InChI=1S/C50H32N4/c1-4-16-33(17-5-1)36-28-37(34-18-6-2-7-19-34)30-38(29-36)53-45-26-14-10-22-39(45)41-32-48-42(31-47(41)53)40-23-11-15-27-46(40)54(48)50-49(35-20-8-3-9-21-35)51-43-24-12-13-25-44(43)52-50/h1-32H. The Morgan fingerprint density at radius 1 is 0.296 bits per heavy atom. The van der Waals surface area contributed by atoms with Crippen molar-refractivity contribution in [3.8, 4) is 45.0 Å². The number of fused-ring (bicyclic) bond motifs is 7. The number of nitrogens with zero attached hydrogens (tertiary/aromatic N) is 4. The van der Waals surface area contributed by atoms with Crippen molar-refractivity contribution in [1.82, 2.24) is 19.1 Å². The molecule has 0 saturated carbocycles. The highest BCUT2D eigenvalue weighted by Crippen LogP contribution is 2.42. The van der Waals surface area contributed by atoms with E-state index in [9.17, 15) is 0 Å². The van der Waals surface area contributed by atoms with E-state index in [4.69, 9.17) is 9.97 Å². The molecule has 0 atom stereocenters. The molecule has 4 heteroatoms. The fourth-order valence-corrected chi connectivity index (χ4v) is 8.21. The van der Waals surface area contributed by atoms with Crippen LogP contribution in [0.15, 0.2) is 194 Å². The van der Waals surface area contributed by atoms with E-state index in [1.807, 2.05) is 30.3 Å². The molecule has 0 amide bonds. The predicted octanol–water partition coefficient (Wildman–Crippen LogP) is 12.8. The summed E-state index contributed by atoms with van der Waals surface area (Å²) in [5.74, 6) is 0.817. The van der Waals surface area contributed by atoms with Gasteiger partial charge in [0.25, 0.3) is 0 Å². The van der Waals surface area contributed by atoms with Crippen molar-refractivity contribution < 1.29 is 0 Å². The van der Waals surface area contributed by atoms with E-state index in [1.54, 1.807) is 0 Å². The summed E-state index contributed by atoms with van der Waals surface area (Å²) >= 11 is 0. The number of para-hydroxylation sites is 4. The van der Waals surface area contributed by atoms with E-state index >= 15 is 0 Å². The van der Waals surface area contributed by atoms with Crippen LogP contribution < -0.4 is 0 Å². The van der Waals surface area contributed by atoms with Crippen LogP contribution in [0.25, 0.3) is 99.7 Å². The van der Waals surface area contributed by atoms with Crippen LogP contribution in [0.2, 0.25) is 0 Å². The maximum absolute atomic E-state index is 5.36. The number of aromatic nitrogens is 4. The molecule has 11 rings (SSSR count). The molecule has 252 valence electrons. The Kier molecular flexibility index (Phi) is 6.82. The summed E-state index contributed by atoms with van der Waals surface area (Å²) in [5.41, 5.74) is 14.0. The van der Waals surface area contributed by atoms with Gasteiger partial charge >= 0.3 is 0 Å². The molecule has 8 aromatic carbocycles. The monoisotopic (exact) mass is 688 g/mol. The Labute approximate surface area is 311 Å². The first-order valence-corrected chi connectivity index (χ1v) is 18.3. The molecule has 0 aliphatic carbocycles. The fraction of sp³-hybridized carbons (Fsp3) is 0. The van der Waals surface area contributed by atoms with Gasteiger partial charge in [-0.05, 0) is 76.9 Å². The molecule has 0 saturated heterocycles. The first kappa shape index (κ1) is 30.3. The Bertz CT molecular complexity index is 3140. The fourth-order valence-electron chi connectivity index (χ4n) is 8.21. The van der Waals surface area contributed by atoms with Gasteiger partial charge < -0.3 is 4.57 Å². The number of benzene rings is 8. The molecule has 3 aromatic heterocycles. The molecule has 0 N–H and O–H groups in total. The molecule has 54 heavy (non-hydrogen) atoms. The third-order valence-electron chi connectivity index (χ3n) is 10.7. The Morgan fingerprint density at radius 3 is 1.31 bits per heavy atom. The van der Waals surface area contributed by atoms with Crippen LogP contribution in [-0.2, 0) is 0 Å². The van der Waals surface area contributed by atoms with Gasteiger partial charge in [-0.25, -0.2) is 9.97 Å². The van der Waals surface area contributed by atoms with Gasteiger partial charge in [0.2, 0.25) is 0 Å². The first-order chi connectivity index (χ1) is 26.8. The average Bonchev–Trinajstić information content (AvgIpc) is 3.75. The lowest BCUT2D eigenvalue weighted by atomic mass is 9.98. The van der Waals surface area contributed by atoms with Crippen LogP contribution in [0.1, 0.15) is 0 Å². The summed E-state index contributed by atoms with van der Waals surface area (Å²) in [6.07, 6.45) is 0. The Balaban J connectivity index is 1.24. The normalized spacial score (nSPS) is 11.7. The summed E-state index contributed by atoms with van der Waals surface area (Å²) in [6.45, 7) is 0. The van der Waals surface area contributed by atoms with E-state index in [0.717, 1.165) is 55.9 Å². The summed E-state index contributed by atoms with van der Waals surface area (Å²) in [7, 11) is 0. The lowest BCUT2D eigenvalue weighted by Crippen LogP contribution is -2.03. The number of hydrogen-bond donors (Lipinski definition) is 0. The minimum absolute atomic E-state index is 0.817. The van der Waals surface area contributed by atoms with Gasteiger partial charge in [0.15, 0.2) is 5.82 Å². The SMILES string of the molecule is c1ccc(-c2cc(-c3ccccc3)cc(-n3c4ccccc4c4cc5c(cc43)c3ccccc3n5-c3nc4ccccc4nc3-c3ccccc3)c2)cc1. The van der Waals surface area contributed by atoms with Gasteiger partial charge in [0.05, 0.1) is 33.1 Å². The summed E-state index contributed by atoms with van der Waals surface area (Å²) < 4.78 is 4.77. The second-order valence-electron chi connectivity index (χ2n) is 13.8. The van der Waals surface area contributed by atoms with Crippen LogP contribution in [-0.4, -0.2) is 19.1 Å². The molecule has 0 unspecified atom stereocenters. The van der Waals surface area contributed by atoms with Crippen molar-refractivity contribution in [3.05, 3.63) is 194 Å². The topological polar surface area (TPSA) is 35.6 Å². The molecule has 11 aromatic rings. The van der Waals surface area contributed by atoms with Gasteiger partial charge in [-0.2, -0.15) is 0 Å². The van der Waals surface area contributed by atoms with Crippen LogP contribution in [0, 0.1) is 0 Å². The van der Waals surface area contributed by atoms with Crippen molar-refractivity contribution in [2.75, 3.05) is 0 Å². The number of rotatable bonds is 5. The molecule has 4 nitrogen and oxygen atoms in total.